The van der Waals surface area contributed by atoms with Crippen molar-refractivity contribution >= 4 is 18.8 Å². The van der Waals surface area contributed by atoms with E-state index in [1.807, 2.05) is 6.26 Å². The van der Waals surface area contributed by atoms with Crippen molar-refractivity contribution in [1.82, 2.24) is 0 Å². The number of rotatable bonds is 2. The zero-order valence-corrected chi connectivity index (χ0v) is 7.39. The first-order chi connectivity index (χ1) is 3.68. The van der Waals surface area contributed by atoms with Gasteiger partial charge in [-0.15, -0.1) is 9.45 Å². The Labute approximate surface area is 55.1 Å². The fourth-order valence-corrected chi connectivity index (χ4v) is 2.59. The van der Waals surface area contributed by atoms with Crippen LogP contribution in [0.2, 0.25) is 0 Å². The van der Waals surface area contributed by atoms with Crippen molar-refractivity contribution in [2.45, 2.75) is 13.3 Å². The molecule has 0 aromatic rings. The monoisotopic (exact) mass is 154 g/mol. The van der Waals surface area contributed by atoms with E-state index >= 15 is 0 Å². The van der Waals surface area contributed by atoms with E-state index < -0.39 is 9.36 Å². The van der Waals surface area contributed by atoms with Crippen LogP contribution >= 0.6 is 0 Å². The molecule has 0 rings (SSSR count). The highest BCUT2D eigenvalue weighted by Gasteiger charge is 1.82. The maximum absolute atomic E-state index is 10.7. The highest BCUT2D eigenvalue weighted by Crippen LogP contribution is 1.83. The fourth-order valence-electron chi connectivity index (χ4n) is 0.424. The molecular weight excluding hydrogens is 140 g/mol. The summed E-state index contributed by atoms with van der Waals surface area (Å²) in [5.74, 6) is 1.13. The minimum absolute atomic E-state index is 0.187. The van der Waals surface area contributed by atoms with Gasteiger partial charge >= 0.3 is 0 Å². The maximum atomic E-state index is 10.7. The number of hydrogen-bond acceptors (Lipinski definition) is 1. The van der Waals surface area contributed by atoms with E-state index in [1.54, 1.807) is 0 Å². The molecule has 0 saturated heterocycles. The molecule has 0 aliphatic heterocycles. The van der Waals surface area contributed by atoms with Gasteiger partial charge in [0.05, 0.1) is 0 Å². The third-order valence-corrected chi connectivity index (χ3v) is 6.00. The van der Waals surface area contributed by atoms with Crippen LogP contribution in [0.1, 0.15) is 13.3 Å². The summed E-state index contributed by atoms with van der Waals surface area (Å²) < 4.78 is 10.7. The lowest BCUT2D eigenvalue weighted by atomic mass is 10.6. The largest absolute Gasteiger partial charge is 0.265 e. The molecule has 0 N–H and O–H groups in total. The normalized spacial score (nSPS) is 17.9. The Morgan fingerprint density at radius 2 is 2.12 bits per heavy atom. The lowest BCUT2D eigenvalue weighted by Crippen LogP contribution is -1.94. The summed E-state index contributed by atoms with van der Waals surface area (Å²) in [5, 5.41) is 0. The molecule has 8 heavy (non-hydrogen) atoms. The average molecular weight is 154 g/mol. The predicted octanol–water partition coefficient (Wildman–Crippen LogP) is 0.670. The first-order valence-corrected chi connectivity index (χ1v) is 6.83. The summed E-state index contributed by atoms with van der Waals surface area (Å²) in [6, 6.07) is 0. The van der Waals surface area contributed by atoms with E-state index in [9.17, 15) is 4.21 Å². The van der Waals surface area contributed by atoms with Crippen molar-refractivity contribution < 1.29 is 4.21 Å². The molecular formula is C5H14OS2. The SMILES string of the molecule is CCCS(C)=[SH](C)=O. The third-order valence-electron chi connectivity index (χ3n) is 0.938. The molecule has 3 heteroatoms. The van der Waals surface area contributed by atoms with Crippen molar-refractivity contribution in [2.24, 2.45) is 0 Å². The highest BCUT2D eigenvalue weighted by molar-refractivity contribution is 8.38. The van der Waals surface area contributed by atoms with Crippen molar-refractivity contribution in [1.29, 1.82) is 0 Å². The first kappa shape index (κ1) is 8.50. The molecule has 1 nitrogen and oxygen atoms in total. The standard InChI is InChI=1S/C5H14OS2/c1-4-5-7(2)8(3)6/h8H,4-5H2,1-3H3. The summed E-state index contributed by atoms with van der Waals surface area (Å²) >= 11 is 0. The van der Waals surface area contributed by atoms with Gasteiger partial charge in [0.15, 0.2) is 0 Å². The third kappa shape index (κ3) is 3.50. The van der Waals surface area contributed by atoms with E-state index in [0.717, 1.165) is 12.2 Å². The summed E-state index contributed by atoms with van der Waals surface area (Å²) in [6.07, 6.45) is 5.05. The van der Waals surface area contributed by atoms with E-state index in [1.165, 1.54) is 0 Å². The topological polar surface area (TPSA) is 17.1 Å². The lowest BCUT2D eigenvalue weighted by molar-refractivity contribution is 0.695. The Hall–Kier alpha value is 0.500. The van der Waals surface area contributed by atoms with E-state index in [-0.39, 0.29) is 9.45 Å². The van der Waals surface area contributed by atoms with Crippen LogP contribution < -0.4 is 0 Å². The van der Waals surface area contributed by atoms with Gasteiger partial charge in [0, 0.05) is 6.26 Å². The molecule has 0 bridgehead atoms. The number of thiol groups is 1. The predicted molar refractivity (Wildman–Crippen MR) is 43.9 cm³/mol. The van der Waals surface area contributed by atoms with Crippen LogP contribution in [0.3, 0.4) is 0 Å². The van der Waals surface area contributed by atoms with Crippen molar-refractivity contribution in [2.75, 3.05) is 18.3 Å². The van der Waals surface area contributed by atoms with Crippen LogP contribution in [0.15, 0.2) is 0 Å². The Morgan fingerprint density at radius 3 is 2.25 bits per heavy atom. The van der Waals surface area contributed by atoms with Gasteiger partial charge in [-0.3, -0.25) is 4.21 Å². The van der Waals surface area contributed by atoms with Crippen LogP contribution in [0, 0.1) is 0 Å². The molecule has 0 amide bonds. The van der Waals surface area contributed by atoms with E-state index in [0.29, 0.717) is 0 Å². The molecule has 0 aliphatic carbocycles. The summed E-state index contributed by atoms with van der Waals surface area (Å²) in [7, 11) is -0.702. The van der Waals surface area contributed by atoms with Gasteiger partial charge in [0.25, 0.3) is 0 Å². The molecule has 0 aromatic carbocycles. The van der Waals surface area contributed by atoms with Crippen molar-refractivity contribution in [3.05, 3.63) is 0 Å². The second-order valence-corrected chi connectivity index (χ2v) is 7.65. The van der Waals surface area contributed by atoms with Crippen molar-refractivity contribution in [3.63, 3.8) is 0 Å². The molecule has 0 spiro atoms. The quantitative estimate of drug-likeness (QED) is 0.579. The molecule has 0 heterocycles. The Balaban J connectivity index is 3.81. The van der Waals surface area contributed by atoms with Gasteiger partial charge in [0.2, 0.25) is 0 Å². The Kier molecular flexibility index (Phi) is 4.66. The summed E-state index contributed by atoms with van der Waals surface area (Å²) in [6.45, 7) is 2.13. The smallest absolute Gasteiger partial charge is 0.00710 e. The zero-order valence-electron chi connectivity index (χ0n) is 5.68. The average Bonchev–Trinajstić information content (AvgIpc) is 1.67. The molecule has 2 atom stereocenters. The van der Waals surface area contributed by atoms with Gasteiger partial charge < -0.3 is 0 Å². The maximum Gasteiger partial charge on any atom is 0.00710 e. The molecule has 0 aliphatic rings. The molecule has 0 radical (unpaired) electrons. The Morgan fingerprint density at radius 1 is 1.62 bits per heavy atom. The second-order valence-electron chi connectivity index (χ2n) is 1.74. The van der Waals surface area contributed by atoms with Gasteiger partial charge in [0.1, 0.15) is 0 Å². The summed E-state index contributed by atoms with van der Waals surface area (Å²) in [5.41, 5.74) is 0. The van der Waals surface area contributed by atoms with E-state index in [4.69, 9.17) is 0 Å². The minimum Gasteiger partial charge on any atom is -0.265 e. The molecule has 52 valence electrons. The van der Waals surface area contributed by atoms with Gasteiger partial charge in [-0.2, -0.15) is 0 Å². The lowest BCUT2D eigenvalue weighted by Gasteiger charge is -1.94. The fraction of sp³-hybridized carbons (Fsp3) is 1.00. The first-order valence-electron chi connectivity index (χ1n) is 2.72. The minimum atomic E-state index is -0.890. The van der Waals surface area contributed by atoms with Crippen LogP contribution in [-0.4, -0.2) is 22.5 Å². The second kappa shape index (κ2) is 4.39. The van der Waals surface area contributed by atoms with Gasteiger partial charge in [-0.25, -0.2) is 0 Å². The van der Waals surface area contributed by atoms with Gasteiger partial charge in [-0.1, -0.05) is 6.92 Å². The van der Waals surface area contributed by atoms with Crippen LogP contribution in [0.4, 0.5) is 0 Å². The zero-order chi connectivity index (χ0) is 6.57. The highest BCUT2D eigenvalue weighted by atomic mass is 32.9. The molecule has 2 unspecified atom stereocenters. The van der Waals surface area contributed by atoms with Gasteiger partial charge in [-0.05, 0) is 27.8 Å². The van der Waals surface area contributed by atoms with Crippen LogP contribution in [0.5, 0.6) is 0 Å². The van der Waals surface area contributed by atoms with Crippen molar-refractivity contribution in [3.8, 4) is 0 Å². The molecule has 0 saturated carbocycles. The molecule has 0 fully saturated rings. The molecule has 0 aromatic heterocycles. The summed E-state index contributed by atoms with van der Waals surface area (Å²) in [4.78, 5) is 0. The Bertz CT molecular complexity index is 133. The van der Waals surface area contributed by atoms with Crippen LogP contribution in [-0.2, 0) is 18.8 Å². The van der Waals surface area contributed by atoms with Crippen LogP contribution in [0.25, 0.3) is 0 Å². The van der Waals surface area contributed by atoms with E-state index in [2.05, 4.69) is 13.2 Å². The number of hydrogen-bond donors (Lipinski definition) is 1.